The first kappa shape index (κ1) is 20.0. The van der Waals surface area contributed by atoms with Gasteiger partial charge in [0.1, 0.15) is 6.54 Å². The molecule has 0 saturated carbocycles. The maximum absolute atomic E-state index is 12.5. The Kier molecular flexibility index (Phi) is 6.08. The van der Waals surface area contributed by atoms with Crippen LogP contribution in [-0.2, 0) is 14.8 Å². The van der Waals surface area contributed by atoms with Crippen molar-refractivity contribution in [3.05, 3.63) is 59.2 Å². The Hall–Kier alpha value is -2.34. The van der Waals surface area contributed by atoms with Crippen LogP contribution in [0.25, 0.3) is 0 Å². The van der Waals surface area contributed by atoms with Gasteiger partial charge in [0, 0.05) is 5.69 Å². The molecular weight excluding hydrogens is 348 g/mol. The van der Waals surface area contributed by atoms with Crippen LogP contribution in [0.5, 0.6) is 0 Å². The fraction of sp³-hybridized carbons (Fsp3) is 0.350. The lowest BCUT2D eigenvalue weighted by Gasteiger charge is -2.27. The highest BCUT2D eigenvalue weighted by molar-refractivity contribution is 7.92. The highest BCUT2D eigenvalue weighted by atomic mass is 32.2. The average Bonchev–Trinajstić information content (AvgIpc) is 2.54. The fourth-order valence-corrected chi connectivity index (χ4v) is 3.75. The van der Waals surface area contributed by atoms with E-state index < -0.39 is 10.0 Å². The number of aryl methyl sites for hydroxylation is 2. The first-order valence-corrected chi connectivity index (χ1v) is 10.4. The molecule has 0 aliphatic carbocycles. The molecule has 6 heteroatoms. The number of amides is 1. The molecule has 0 aliphatic rings. The summed E-state index contributed by atoms with van der Waals surface area (Å²) in [7, 11) is -3.62. The fourth-order valence-electron chi connectivity index (χ4n) is 2.82. The predicted molar refractivity (Wildman–Crippen MR) is 107 cm³/mol. The van der Waals surface area contributed by atoms with Crippen LogP contribution >= 0.6 is 0 Å². The van der Waals surface area contributed by atoms with E-state index in [1.807, 2.05) is 58.0 Å². The minimum Gasteiger partial charge on any atom is -0.325 e. The van der Waals surface area contributed by atoms with Gasteiger partial charge in [-0.15, -0.1) is 0 Å². The molecule has 1 amide bonds. The SMILES string of the molecule is Cc1ccc(NC(=O)CN(c2c(C)cccc2C(C)C)S(C)(=O)=O)cc1. The maximum atomic E-state index is 12.5. The summed E-state index contributed by atoms with van der Waals surface area (Å²) in [6.07, 6.45) is 1.13. The first-order chi connectivity index (χ1) is 12.1. The molecule has 0 spiro atoms. The van der Waals surface area contributed by atoms with Crippen LogP contribution in [-0.4, -0.2) is 27.1 Å². The predicted octanol–water partition coefficient (Wildman–Crippen LogP) is 3.83. The number of rotatable bonds is 6. The van der Waals surface area contributed by atoms with Crippen LogP contribution in [0.4, 0.5) is 11.4 Å². The maximum Gasteiger partial charge on any atom is 0.245 e. The lowest BCUT2D eigenvalue weighted by atomic mass is 9.98. The van der Waals surface area contributed by atoms with Crippen molar-refractivity contribution in [1.82, 2.24) is 0 Å². The second-order valence-electron chi connectivity index (χ2n) is 6.85. The summed E-state index contributed by atoms with van der Waals surface area (Å²) in [5, 5.41) is 2.76. The Morgan fingerprint density at radius 1 is 1.08 bits per heavy atom. The van der Waals surface area contributed by atoms with Gasteiger partial charge in [0.2, 0.25) is 15.9 Å². The molecule has 0 aliphatic heterocycles. The molecule has 1 N–H and O–H groups in total. The monoisotopic (exact) mass is 374 g/mol. The van der Waals surface area contributed by atoms with E-state index in [0.717, 1.165) is 22.9 Å². The van der Waals surface area contributed by atoms with Gasteiger partial charge >= 0.3 is 0 Å². The van der Waals surface area contributed by atoms with Gasteiger partial charge in [-0.2, -0.15) is 0 Å². The summed E-state index contributed by atoms with van der Waals surface area (Å²) in [5.41, 5.74) is 4.04. The Balaban J connectivity index is 2.35. The molecule has 2 rings (SSSR count). The van der Waals surface area contributed by atoms with E-state index in [1.54, 1.807) is 12.1 Å². The normalized spacial score (nSPS) is 11.5. The van der Waals surface area contributed by atoms with Gasteiger partial charge < -0.3 is 5.32 Å². The summed E-state index contributed by atoms with van der Waals surface area (Å²) >= 11 is 0. The van der Waals surface area contributed by atoms with Crippen LogP contribution < -0.4 is 9.62 Å². The molecule has 0 unspecified atom stereocenters. The van der Waals surface area contributed by atoms with Crippen molar-refractivity contribution < 1.29 is 13.2 Å². The molecule has 0 aromatic heterocycles. The Morgan fingerprint density at radius 2 is 1.69 bits per heavy atom. The number of benzene rings is 2. The van der Waals surface area contributed by atoms with Crippen LogP contribution in [0.1, 0.15) is 36.5 Å². The number of anilines is 2. The van der Waals surface area contributed by atoms with Crippen molar-refractivity contribution in [3.8, 4) is 0 Å². The molecule has 2 aromatic rings. The molecule has 2 aromatic carbocycles. The minimum atomic E-state index is -3.62. The standard InChI is InChI=1S/C20H26N2O3S/c1-14(2)18-8-6-7-16(4)20(18)22(26(5,24)25)13-19(23)21-17-11-9-15(3)10-12-17/h6-12,14H,13H2,1-5H3,(H,21,23). The van der Waals surface area contributed by atoms with Gasteiger partial charge in [-0.25, -0.2) is 8.42 Å². The van der Waals surface area contributed by atoms with Crippen molar-refractivity contribution in [3.63, 3.8) is 0 Å². The number of nitrogens with zero attached hydrogens (tertiary/aromatic N) is 1. The molecule has 0 radical (unpaired) electrons. The summed E-state index contributed by atoms with van der Waals surface area (Å²) in [4.78, 5) is 12.5. The smallest absolute Gasteiger partial charge is 0.245 e. The summed E-state index contributed by atoms with van der Waals surface area (Å²) < 4.78 is 26.1. The van der Waals surface area contributed by atoms with Crippen LogP contribution in [0.3, 0.4) is 0 Å². The van der Waals surface area contributed by atoms with Crippen molar-refractivity contribution in [1.29, 1.82) is 0 Å². The van der Waals surface area contributed by atoms with Gasteiger partial charge in [0.25, 0.3) is 0 Å². The van der Waals surface area contributed by atoms with Crippen LogP contribution in [0, 0.1) is 13.8 Å². The van der Waals surface area contributed by atoms with E-state index in [-0.39, 0.29) is 18.4 Å². The molecule has 0 bridgehead atoms. The zero-order chi connectivity index (χ0) is 19.5. The van der Waals surface area contributed by atoms with E-state index in [2.05, 4.69) is 5.32 Å². The van der Waals surface area contributed by atoms with Gasteiger partial charge in [-0.3, -0.25) is 9.10 Å². The van der Waals surface area contributed by atoms with Gasteiger partial charge in [0.15, 0.2) is 0 Å². The largest absolute Gasteiger partial charge is 0.325 e. The Morgan fingerprint density at radius 3 is 2.23 bits per heavy atom. The quantitative estimate of drug-likeness (QED) is 0.835. The summed E-state index contributed by atoms with van der Waals surface area (Å²) in [6, 6.07) is 13.0. The third kappa shape index (κ3) is 4.85. The lowest BCUT2D eigenvalue weighted by Crippen LogP contribution is -2.38. The van der Waals surface area contributed by atoms with Crippen LogP contribution in [0.2, 0.25) is 0 Å². The number of hydrogen-bond acceptors (Lipinski definition) is 3. The minimum absolute atomic E-state index is 0.134. The number of carbonyl (C=O) groups is 1. The van der Waals surface area contributed by atoms with Crippen molar-refractivity contribution >= 4 is 27.3 Å². The van der Waals surface area contributed by atoms with E-state index in [9.17, 15) is 13.2 Å². The molecule has 0 heterocycles. The topological polar surface area (TPSA) is 66.5 Å². The van der Waals surface area contributed by atoms with E-state index in [1.165, 1.54) is 4.31 Å². The number of para-hydroxylation sites is 1. The Labute approximate surface area is 156 Å². The number of carbonyl (C=O) groups excluding carboxylic acids is 1. The molecule has 0 saturated heterocycles. The van der Waals surface area contributed by atoms with E-state index in [0.29, 0.717) is 11.4 Å². The van der Waals surface area contributed by atoms with Gasteiger partial charge in [0.05, 0.1) is 11.9 Å². The zero-order valence-corrected chi connectivity index (χ0v) is 16.7. The molecule has 5 nitrogen and oxygen atoms in total. The van der Waals surface area contributed by atoms with Crippen molar-refractivity contribution in [2.75, 3.05) is 22.4 Å². The summed E-state index contributed by atoms with van der Waals surface area (Å²) in [6.45, 7) is 7.56. The average molecular weight is 375 g/mol. The molecular formula is C20H26N2O3S. The Bertz CT molecular complexity index is 888. The molecule has 0 atom stereocenters. The third-order valence-electron chi connectivity index (χ3n) is 4.16. The number of hydrogen-bond donors (Lipinski definition) is 1. The lowest BCUT2D eigenvalue weighted by molar-refractivity contribution is -0.114. The van der Waals surface area contributed by atoms with Crippen molar-refractivity contribution in [2.24, 2.45) is 0 Å². The molecule has 26 heavy (non-hydrogen) atoms. The second-order valence-corrected chi connectivity index (χ2v) is 8.76. The second kappa shape index (κ2) is 7.91. The summed E-state index contributed by atoms with van der Waals surface area (Å²) in [5.74, 6) is -0.244. The zero-order valence-electron chi connectivity index (χ0n) is 15.9. The van der Waals surface area contributed by atoms with E-state index >= 15 is 0 Å². The molecule has 140 valence electrons. The highest BCUT2D eigenvalue weighted by Crippen LogP contribution is 2.32. The number of sulfonamides is 1. The van der Waals surface area contributed by atoms with Gasteiger partial charge in [-0.1, -0.05) is 49.7 Å². The highest BCUT2D eigenvalue weighted by Gasteiger charge is 2.25. The van der Waals surface area contributed by atoms with Gasteiger partial charge in [-0.05, 0) is 43.0 Å². The third-order valence-corrected chi connectivity index (χ3v) is 5.28. The van der Waals surface area contributed by atoms with Crippen LogP contribution in [0.15, 0.2) is 42.5 Å². The first-order valence-electron chi connectivity index (χ1n) is 8.53. The van der Waals surface area contributed by atoms with E-state index in [4.69, 9.17) is 0 Å². The number of nitrogens with one attached hydrogen (secondary N) is 1. The molecule has 0 fully saturated rings. The van der Waals surface area contributed by atoms with Crippen molar-refractivity contribution in [2.45, 2.75) is 33.6 Å².